The number of hydrogen-bond acceptors (Lipinski definition) is 4. The first-order valence-electron chi connectivity index (χ1n) is 4.42. The molecule has 0 aromatic carbocycles. The lowest BCUT2D eigenvalue weighted by atomic mass is 10.1. The quantitative estimate of drug-likeness (QED) is 0.827. The van der Waals surface area contributed by atoms with Crippen LogP contribution in [0.25, 0.3) is 0 Å². The lowest BCUT2D eigenvalue weighted by Crippen LogP contribution is -2.25. The van der Waals surface area contributed by atoms with Crippen LogP contribution in [0.2, 0.25) is 0 Å². The molecule has 1 heterocycles. The average molecular weight is 233 g/mol. The van der Waals surface area contributed by atoms with Crippen LogP contribution in [0.1, 0.15) is 12.0 Å². The van der Waals surface area contributed by atoms with Gasteiger partial charge in [-0.3, -0.25) is 0 Å². The molecule has 0 fully saturated rings. The summed E-state index contributed by atoms with van der Waals surface area (Å²) in [6, 6.07) is 1.96. The molecule has 1 unspecified atom stereocenters. The first-order chi connectivity index (χ1) is 6.47. The second-order valence-corrected chi connectivity index (χ2v) is 6.55. The van der Waals surface area contributed by atoms with Crippen molar-refractivity contribution in [3.8, 4) is 0 Å². The first-order valence-corrected chi connectivity index (χ1v) is 7.42. The Morgan fingerprint density at radius 3 is 2.79 bits per heavy atom. The van der Waals surface area contributed by atoms with E-state index in [9.17, 15) is 8.42 Å². The SMILES string of the molecule is CS(=O)(=O)CCC(N)Cc1ccsc1. The summed E-state index contributed by atoms with van der Waals surface area (Å²) in [4.78, 5) is 0. The van der Waals surface area contributed by atoms with Crippen molar-refractivity contribution >= 4 is 21.2 Å². The van der Waals surface area contributed by atoms with Gasteiger partial charge in [-0.05, 0) is 35.2 Å². The summed E-state index contributed by atoms with van der Waals surface area (Å²) >= 11 is 1.63. The molecule has 0 saturated heterocycles. The van der Waals surface area contributed by atoms with Crippen LogP contribution in [0.4, 0.5) is 0 Å². The van der Waals surface area contributed by atoms with Crippen molar-refractivity contribution in [1.82, 2.24) is 0 Å². The van der Waals surface area contributed by atoms with Crippen molar-refractivity contribution in [2.24, 2.45) is 5.73 Å². The molecule has 1 aromatic rings. The van der Waals surface area contributed by atoms with E-state index in [-0.39, 0.29) is 11.8 Å². The highest BCUT2D eigenvalue weighted by atomic mass is 32.2. The van der Waals surface area contributed by atoms with E-state index in [0.29, 0.717) is 6.42 Å². The van der Waals surface area contributed by atoms with E-state index in [1.165, 1.54) is 11.8 Å². The van der Waals surface area contributed by atoms with Crippen molar-refractivity contribution in [3.05, 3.63) is 22.4 Å². The van der Waals surface area contributed by atoms with Gasteiger partial charge in [0.1, 0.15) is 9.84 Å². The molecule has 3 nitrogen and oxygen atoms in total. The third-order valence-corrected chi connectivity index (χ3v) is 3.65. The molecule has 1 atom stereocenters. The van der Waals surface area contributed by atoms with E-state index < -0.39 is 9.84 Å². The van der Waals surface area contributed by atoms with Gasteiger partial charge in [-0.25, -0.2) is 8.42 Å². The Morgan fingerprint density at radius 2 is 2.29 bits per heavy atom. The van der Waals surface area contributed by atoms with Crippen LogP contribution in [-0.2, 0) is 16.3 Å². The lowest BCUT2D eigenvalue weighted by molar-refractivity contribution is 0.586. The van der Waals surface area contributed by atoms with Crippen LogP contribution >= 0.6 is 11.3 Å². The summed E-state index contributed by atoms with van der Waals surface area (Å²) in [6.45, 7) is 0. The molecular weight excluding hydrogens is 218 g/mol. The molecule has 0 saturated carbocycles. The van der Waals surface area contributed by atoms with Crippen LogP contribution < -0.4 is 5.73 Å². The zero-order chi connectivity index (χ0) is 10.6. The minimum atomic E-state index is -2.88. The van der Waals surface area contributed by atoms with Crippen LogP contribution in [0, 0.1) is 0 Å². The van der Waals surface area contributed by atoms with Gasteiger partial charge in [-0.2, -0.15) is 11.3 Å². The Labute approximate surface area is 88.9 Å². The molecule has 0 aliphatic rings. The normalized spacial score (nSPS) is 14.1. The van der Waals surface area contributed by atoms with Gasteiger partial charge in [0.2, 0.25) is 0 Å². The minimum Gasteiger partial charge on any atom is -0.327 e. The van der Waals surface area contributed by atoms with Crippen LogP contribution in [0.5, 0.6) is 0 Å². The molecule has 0 spiro atoms. The van der Waals surface area contributed by atoms with Gasteiger partial charge < -0.3 is 5.73 Å². The van der Waals surface area contributed by atoms with E-state index in [0.717, 1.165) is 6.42 Å². The molecular formula is C9H15NO2S2. The van der Waals surface area contributed by atoms with Crippen molar-refractivity contribution in [2.45, 2.75) is 18.9 Å². The van der Waals surface area contributed by atoms with Crippen LogP contribution in [0.15, 0.2) is 16.8 Å². The topological polar surface area (TPSA) is 60.2 Å². The van der Waals surface area contributed by atoms with E-state index >= 15 is 0 Å². The Kier molecular flexibility index (Phi) is 4.10. The van der Waals surface area contributed by atoms with Gasteiger partial charge >= 0.3 is 0 Å². The summed E-state index contributed by atoms with van der Waals surface area (Å²) < 4.78 is 21.8. The second-order valence-electron chi connectivity index (χ2n) is 3.51. The third kappa shape index (κ3) is 4.74. The fraction of sp³-hybridized carbons (Fsp3) is 0.556. The zero-order valence-corrected chi connectivity index (χ0v) is 9.77. The standard InChI is InChI=1S/C9H15NO2S2/c1-14(11,12)5-3-9(10)6-8-2-4-13-7-8/h2,4,7,9H,3,5-6,10H2,1H3. The van der Waals surface area contributed by atoms with Gasteiger partial charge in [-0.15, -0.1) is 0 Å². The van der Waals surface area contributed by atoms with Gasteiger partial charge in [-0.1, -0.05) is 0 Å². The molecule has 1 aromatic heterocycles. The summed E-state index contributed by atoms with van der Waals surface area (Å²) in [6.07, 6.45) is 2.54. The largest absolute Gasteiger partial charge is 0.327 e. The molecule has 14 heavy (non-hydrogen) atoms. The van der Waals surface area contributed by atoms with E-state index in [1.54, 1.807) is 11.3 Å². The molecule has 0 aliphatic carbocycles. The minimum absolute atomic E-state index is 0.0562. The molecule has 0 amide bonds. The molecule has 1 rings (SSSR count). The number of hydrogen-bond donors (Lipinski definition) is 1. The van der Waals surface area contributed by atoms with Gasteiger partial charge in [0, 0.05) is 12.3 Å². The number of sulfone groups is 1. The van der Waals surface area contributed by atoms with E-state index in [2.05, 4.69) is 0 Å². The first kappa shape index (κ1) is 11.7. The monoisotopic (exact) mass is 233 g/mol. The third-order valence-electron chi connectivity index (χ3n) is 1.94. The maximum Gasteiger partial charge on any atom is 0.147 e. The smallest absolute Gasteiger partial charge is 0.147 e. The van der Waals surface area contributed by atoms with Crippen molar-refractivity contribution in [1.29, 1.82) is 0 Å². The van der Waals surface area contributed by atoms with E-state index in [1.807, 2.05) is 16.8 Å². The second kappa shape index (κ2) is 4.91. The summed E-state index contributed by atoms with van der Waals surface area (Å²) in [5, 5.41) is 4.04. The zero-order valence-electron chi connectivity index (χ0n) is 8.14. The number of nitrogens with two attached hydrogens (primary N) is 1. The Morgan fingerprint density at radius 1 is 1.57 bits per heavy atom. The lowest BCUT2D eigenvalue weighted by Gasteiger charge is -2.08. The fourth-order valence-corrected chi connectivity index (χ4v) is 2.59. The average Bonchev–Trinajstić information content (AvgIpc) is 2.52. The van der Waals surface area contributed by atoms with Crippen LogP contribution in [-0.4, -0.2) is 26.5 Å². The van der Waals surface area contributed by atoms with Crippen molar-refractivity contribution in [2.75, 3.05) is 12.0 Å². The Bertz CT molecular complexity index is 356. The maximum atomic E-state index is 10.9. The van der Waals surface area contributed by atoms with Crippen LogP contribution in [0.3, 0.4) is 0 Å². The molecule has 2 N–H and O–H groups in total. The Balaban J connectivity index is 2.33. The van der Waals surface area contributed by atoms with Gasteiger partial charge in [0.05, 0.1) is 5.75 Å². The summed E-state index contributed by atoms with van der Waals surface area (Å²) in [5.74, 6) is 0.179. The fourth-order valence-electron chi connectivity index (χ4n) is 1.18. The molecule has 80 valence electrons. The number of thiophene rings is 1. The van der Waals surface area contributed by atoms with E-state index in [4.69, 9.17) is 5.73 Å². The Hall–Kier alpha value is -0.390. The molecule has 5 heteroatoms. The molecule has 0 aliphatic heterocycles. The highest BCUT2D eigenvalue weighted by Gasteiger charge is 2.08. The van der Waals surface area contributed by atoms with Crippen molar-refractivity contribution < 1.29 is 8.42 Å². The summed E-state index contributed by atoms with van der Waals surface area (Å²) in [7, 11) is -2.88. The summed E-state index contributed by atoms with van der Waals surface area (Å²) in [5.41, 5.74) is 7.00. The maximum absolute atomic E-state index is 10.9. The predicted octanol–water partition coefficient (Wildman–Crippen LogP) is 1.05. The number of rotatable bonds is 5. The van der Waals surface area contributed by atoms with Gasteiger partial charge in [0.15, 0.2) is 0 Å². The molecule has 0 bridgehead atoms. The van der Waals surface area contributed by atoms with Crippen molar-refractivity contribution in [3.63, 3.8) is 0 Å². The highest BCUT2D eigenvalue weighted by molar-refractivity contribution is 7.90. The predicted molar refractivity (Wildman–Crippen MR) is 60.3 cm³/mol. The van der Waals surface area contributed by atoms with Gasteiger partial charge in [0.25, 0.3) is 0 Å². The molecule has 0 radical (unpaired) electrons. The highest BCUT2D eigenvalue weighted by Crippen LogP contribution is 2.09.